The number of rotatable bonds is 6. The molecular weight excluding hydrogens is 252 g/mol. The van der Waals surface area contributed by atoms with Gasteiger partial charge in [-0.1, -0.05) is 30.3 Å². The third-order valence-corrected chi connectivity index (χ3v) is 2.67. The zero-order valence-electron chi connectivity index (χ0n) is 8.46. The average molecular weight is 269 g/mol. The van der Waals surface area contributed by atoms with Crippen molar-refractivity contribution < 1.29 is 0 Å². The van der Waals surface area contributed by atoms with Gasteiger partial charge in [0.25, 0.3) is 0 Å². The van der Waals surface area contributed by atoms with Gasteiger partial charge in [0.05, 0.1) is 0 Å². The van der Waals surface area contributed by atoms with Gasteiger partial charge in [-0.3, -0.25) is 0 Å². The summed E-state index contributed by atoms with van der Waals surface area (Å²) >= 11 is 11.4. The highest BCUT2D eigenvalue weighted by Crippen LogP contribution is 2.02. The van der Waals surface area contributed by atoms with Crippen LogP contribution in [-0.4, -0.2) is 17.8 Å². The number of alkyl halides is 2. The molecule has 86 valence electrons. The summed E-state index contributed by atoms with van der Waals surface area (Å²) in [5, 5.41) is 3.37. The Bertz CT molecular complexity index is 241. The SMILES string of the molecule is Cl.ClCCC(CCl)NCc1ccccc1. The van der Waals surface area contributed by atoms with Crippen LogP contribution in [0.3, 0.4) is 0 Å². The summed E-state index contributed by atoms with van der Waals surface area (Å²) < 4.78 is 0. The molecule has 0 saturated carbocycles. The molecule has 0 aliphatic heterocycles. The minimum atomic E-state index is 0. The van der Waals surface area contributed by atoms with E-state index in [1.807, 2.05) is 18.2 Å². The van der Waals surface area contributed by atoms with Crippen molar-refractivity contribution in [2.75, 3.05) is 11.8 Å². The standard InChI is InChI=1S/C11H15Cl2N.ClH/c12-7-6-11(8-13)14-9-10-4-2-1-3-5-10;/h1-5,11,14H,6-9H2;1H. The molecule has 15 heavy (non-hydrogen) atoms. The third-order valence-electron chi connectivity index (χ3n) is 2.08. The van der Waals surface area contributed by atoms with Gasteiger partial charge in [0.2, 0.25) is 0 Å². The van der Waals surface area contributed by atoms with Crippen molar-refractivity contribution in [2.24, 2.45) is 0 Å². The third kappa shape index (κ3) is 6.26. The number of hydrogen-bond donors (Lipinski definition) is 1. The first-order valence-corrected chi connectivity index (χ1v) is 5.83. The van der Waals surface area contributed by atoms with Crippen molar-refractivity contribution in [1.82, 2.24) is 5.32 Å². The van der Waals surface area contributed by atoms with E-state index in [9.17, 15) is 0 Å². The Morgan fingerprint density at radius 1 is 1.13 bits per heavy atom. The fraction of sp³-hybridized carbons (Fsp3) is 0.455. The van der Waals surface area contributed by atoms with E-state index in [0.717, 1.165) is 13.0 Å². The Hall–Kier alpha value is 0.0500. The van der Waals surface area contributed by atoms with Gasteiger partial charge >= 0.3 is 0 Å². The van der Waals surface area contributed by atoms with Gasteiger partial charge in [0.1, 0.15) is 0 Å². The smallest absolute Gasteiger partial charge is 0.0377 e. The maximum absolute atomic E-state index is 5.79. The van der Waals surface area contributed by atoms with Crippen molar-refractivity contribution in [3.05, 3.63) is 35.9 Å². The molecule has 4 heteroatoms. The van der Waals surface area contributed by atoms with Crippen LogP contribution in [-0.2, 0) is 6.54 Å². The van der Waals surface area contributed by atoms with Gasteiger partial charge in [-0.15, -0.1) is 35.6 Å². The van der Waals surface area contributed by atoms with E-state index >= 15 is 0 Å². The number of hydrogen-bond acceptors (Lipinski definition) is 1. The lowest BCUT2D eigenvalue weighted by atomic mass is 10.2. The first-order chi connectivity index (χ1) is 6.86. The van der Waals surface area contributed by atoms with Crippen LogP contribution < -0.4 is 5.32 Å². The van der Waals surface area contributed by atoms with E-state index in [2.05, 4.69) is 17.4 Å². The van der Waals surface area contributed by atoms with Crippen LogP contribution in [0.5, 0.6) is 0 Å². The lowest BCUT2D eigenvalue weighted by molar-refractivity contribution is 0.541. The zero-order valence-corrected chi connectivity index (χ0v) is 10.8. The van der Waals surface area contributed by atoms with Gasteiger partial charge < -0.3 is 5.32 Å². The van der Waals surface area contributed by atoms with E-state index in [1.54, 1.807) is 0 Å². The molecule has 0 bridgehead atoms. The predicted molar refractivity (Wildman–Crippen MR) is 70.4 cm³/mol. The molecule has 0 aliphatic rings. The van der Waals surface area contributed by atoms with Crippen molar-refractivity contribution in [2.45, 2.75) is 19.0 Å². The van der Waals surface area contributed by atoms with Crippen LogP contribution in [0.4, 0.5) is 0 Å². The maximum Gasteiger partial charge on any atom is 0.0377 e. The molecule has 0 fully saturated rings. The molecule has 0 aliphatic carbocycles. The lowest BCUT2D eigenvalue weighted by Gasteiger charge is -2.14. The summed E-state index contributed by atoms with van der Waals surface area (Å²) in [6.07, 6.45) is 0.915. The van der Waals surface area contributed by atoms with Crippen LogP contribution in [0, 0.1) is 0 Å². The summed E-state index contributed by atoms with van der Waals surface area (Å²) in [6, 6.07) is 10.6. The summed E-state index contributed by atoms with van der Waals surface area (Å²) in [6.45, 7) is 0.856. The highest BCUT2D eigenvalue weighted by atomic mass is 35.5. The molecule has 0 spiro atoms. The summed E-state index contributed by atoms with van der Waals surface area (Å²) in [5.41, 5.74) is 1.28. The fourth-order valence-electron chi connectivity index (χ4n) is 1.22. The molecule has 1 N–H and O–H groups in total. The second-order valence-corrected chi connectivity index (χ2v) is 3.88. The zero-order chi connectivity index (χ0) is 10.2. The van der Waals surface area contributed by atoms with Crippen LogP contribution in [0.2, 0.25) is 0 Å². The van der Waals surface area contributed by atoms with Gasteiger partial charge in [-0.05, 0) is 12.0 Å². The quantitative estimate of drug-likeness (QED) is 0.780. The molecular formula is C11H16Cl3N. The minimum Gasteiger partial charge on any atom is -0.309 e. The van der Waals surface area contributed by atoms with Gasteiger partial charge in [-0.25, -0.2) is 0 Å². The van der Waals surface area contributed by atoms with Gasteiger partial charge in [-0.2, -0.15) is 0 Å². The Balaban J connectivity index is 0.00000196. The monoisotopic (exact) mass is 267 g/mol. The van der Waals surface area contributed by atoms with Crippen LogP contribution >= 0.6 is 35.6 Å². The molecule has 1 aromatic rings. The second-order valence-electron chi connectivity index (χ2n) is 3.20. The summed E-state index contributed by atoms with van der Waals surface area (Å²) in [5.74, 6) is 1.26. The van der Waals surface area contributed by atoms with Crippen molar-refractivity contribution in [1.29, 1.82) is 0 Å². The largest absolute Gasteiger partial charge is 0.309 e. The molecule has 1 atom stereocenters. The van der Waals surface area contributed by atoms with E-state index in [4.69, 9.17) is 23.2 Å². The normalized spacial score (nSPS) is 11.9. The molecule has 0 amide bonds. The lowest BCUT2D eigenvalue weighted by Crippen LogP contribution is -2.30. The molecule has 0 radical (unpaired) electrons. The maximum atomic E-state index is 5.79. The molecule has 0 heterocycles. The van der Waals surface area contributed by atoms with Gasteiger partial charge in [0, 0.05) is 24.3 Å². The molecule has 1 aromatic carbocycles. The Kier molecular flexibility index (Phi) is 9.32. The second kappa shape index (κ2) is 9.29. The molecule has 1 unspecified atom stereocenters. The molecule has 0 aromatic heterocycles. The minimum absolute atomic E-state index is 0. The number of halogens is 3. The number of benzene rings is 1. The highest BCUT2D eigenvalue weighted by Gasteiger charge is 2.04. The van der Waals surface area contributed by atoms with Gasteiger partial charge in [0.15, 0.2) is 0 Å². The van der Waals surface area contributed by atoms with E-state index in [-0.39, 0.29) is 12.4 Å². The summed E-state index contributed by atoms with van der Waals surface area (Å²) in [7, 11) is 0. The van der Waals surface area contributed by atoms with Crippen LogP contribution in [0.1, 0.15) is 12.0 Å². The van der Waals surface area contributed by atoms with E-state index < -0.39 is 0 Å². The first kappa shape index (κ1) is 15.0. The van der Waals surface area contributed by atoms with E-state index in [0.29, 0.717) is 17.8 Å². The van der Waals surface area contributed by atoms with Crippen LogP contribution in [0.15, 0.2) is 30.3 Å². The highest BCUT2D eigenvalue weighted by molar-refractivity contribution is 6.19. The Labute approximate surface area is 108 Å². The fourth-order valence-corrected chi connectivity index (χ4v) is 1.75. The topological polar surface area (TPSA) is 12.0 Å². The molecule has 1 nitrogen and oxygen atoms in total. The van der Waals surface area contributed by atoms with Crippen molar-refractivity contribution >= 4 is 35.6 Å². The van der Waals surface area contributed by atoms with Crippen LogP contribution in [0.25, 0.3) is 0 Å². The Morgan fingerprint density at radius 3 is 2.33 bits per heavy atom. The van der Waals surface area contributed by atoms with Crippen molar-refractivity contribution in [3.8, 4) is 0 Å². The Morgan fingerprint density at radius 2 is 1.80 bits per heavy atom. The van der Waals surface area contributed by atoms with E-state index in [1.165, 1.54) is 5.56 Å². The predicted octanol–water partition coefficient (Wildman–Crippen LogP) is 3.43. The molecule has 1 rings (SSSR count). The number of nitrogens with one attached hydrogen (secondary N) is 1. The average Bonchev–Trinajstić information content (AvgIpc) is 2.25. The molecule has 0 saturated heterocycles. The summed E-state index contributed by atoms with van der Waals surface area (Å²) in [4.78, 5) is 0. The first-order valence-electron chi connectivity index (χ1n) is 4.76. The van der Waals surface area contributed by atoms with Crippen molar-refractivity contribution in [3.63, 3.8) is 0 Å².